The van der Waals surface area contributed by atoms with Gasteiger partial charge in [0, 0.05) is 13.1 Å². The Kier molecular flexibility index (Phi) is 3.17. The minimum atomic E-state index is 0.419. The van der Waals surface area contributed by atoms with Crippen molar-refractivity contribution in [3.05, 3.63) is 0 Å². The van der Waals surface area contributed by atoms with Gasteiger partial charge in [-0.1, -0.05) is 0 Å². The van der Waals surface area contributed by atoms with Gasteiger partial charge in [-0.15, -0.1) is 0 Å². The standard InChI is InChI=1S/C16H27N3O/c1-2-17-15(18-10-16(7-8-16)11-3-4-11)19-13-9-12-5-6-14(13)20-12/h11-14H,2-10H2,1H3,(H2,17,18,19). The summed E-state index contributed by atoms with van der Waals surface area (Å²) in [5.41, 5.74) is 0.591. The first-order chi connectivity index (χ1) is 9.79. The maximum Gasteiger partial charge on any atom is 0.191 e. The predicted molar refractivity (Wildman–Crippen MR) is 79.8 cm³/mol. The number of aliphatic imine (C=N–C) groups is 1. The molecule has 0 spiro atoms. The Labute approximate surface area is 121 Å². The highest BCUT2D eigenvalue weighted by atomic mass is 16.5. The number of nitrogens with one attached hydrogen (secondary N) is 2. The molecular weight excluding hydrogens is 250 g/mol. The predicted octanol–water partition coefficient (Wildman–Crippen LogP) is 2.05. The maximum atomic E-state index is 5.92. The largest absolute Gasteiger partial charge is 0.373 e. The highest BCUT2D eigenvalue weighted by Gasteiger charge is 2.53. The van der Waals surface area contributed by atoms with Crippen LogP contribution in [0.15, 0.2) is 4.99 Å². The van der Waals surface area contributed by atoms with Gasteiger partial charge in [0.25, 0.3) is 0 Å². The average Bonchev–Trinajstić information content (AvgIpc) is 3.35. The van der Waals surface area contributed by atoms with Gasteiger partial charge in [0.2, 0.25) is 0 Å². The molecule has 20 heavy (non-hydrogen) atoms. The summed E-state index contributed by atoms with van der Waals surface area (Å²) in [5.74, 6) is 2.00. The van der Waals surface area contributed by atoms with Crippen LogP contribution in [-0.4, -0.2) is 37.3 Å². The van der Waals surface area contributed by atoms with Crippen LogP contribution >= 0.6 is 0 Å². The molecule has 0 aromatic heterocycles. The van der Waals surface area contributed by atoms with Crippen molar-refractivity contribution < 1.29 is 4.74 Å². The third kappa shape index (κ3) is 2.43. The normalized spacial score (nSPS) is 38.0. The molecule has 2 N–H and O–H groups in total. The van der Waals surface area contributed by atoms with E-state index in [1.165, 1.54) is 38.5 Å². The summed E-state index contributed by atoms with van der Waals surface area (Å²) in [4.78, 5) is 4.89. The number of nitrogens with zero attached hydrogens (tertiary/aromatic N) is 1. The number of guanidine groups is 1. The zero-order chi connectivity index (χ0) is 13.6. The smallest absolute Gasteiger partial charge is 0.191 e. The fourth-order valence-corrected chi connectivity index (χ4v) is 4.07. The molecule has 3 atom stereocenters. The van der Waals surface area contributed by atoms with Crippen molar-refractivity contribution in [2.45, 2.75) is 70.1 Å². The molecule has 0 aromatic carbocycles. The van der Waals surface area contributed by atoms with Gasteiger partial charge in [-0.3, -0.25) is 4.99 Å². The lowest BCUT2D eigenvalue weighted by Crippen LogP contribution is -2.47. The lowest BCUT2D eigenvalue weighted by atomic mass is 9.96. The molecule has 2 saturated heterocycles. The van der Waals surface area contributed by atoms with Crippen LogP contribution in [-0.2, 0) is 4.74 Å². The average molecular weight is 277 g/mol. The number of ether oxygens (including phenoxy) is 1. The summed E-state index contributed by atoms with van der Waals surface area (Å²) < 4.78 is 5.92. The van der Waals surface area contributed by atoms with E-state index in [1.54, 1.807) is 0 Å². The highest BCUT2D eigenvalue weighted by molar-refractivity contribution is 5.80. The molecular formula is C16H27N3O. The van der Waals surface area contributed by atoms with Gasteiger partial charge in [0.15, 0.2) is 5.96 Å². The number of hydrogen-bond donors (Lipinski definition) is 2. The van der Waals surface area contributed by atoms with Crippen LogP contribution in [0.5, 0.6) is 0 Å². The first-order valence-corrected chi connectivity index (χ1v) is 8.49. The highest BCUT2D eigenvalue weighted by Crippen LogP contribution is 2.61. The summed E-state index contributed by atoms with van der Waals surface area (Å²) >= 11 is 0. The number of rotatable bonds is 5. The van der Waals surface area contributed by atoms with Gasteiger partial charge < -0.3 is 15.4 Å². The van der Waals surface area contributed by atoms with Gasteiger partial charge in [-0.25, -0.2) is 0 Å². The van der Waals surface area contributed by atoms with Crippen LogP contribution in [0.2, 0.25) is 0 Å². The van der Waals surface area contributed by atoms with E-state index in [4.69, 9.17) is 9.73 Å². The molecule has 2 aliphatic carbocycles. The minimum absolute atomic E-state index is 0.419. The second-order valence-electron chi connectivity index (χ2n) is 7.19. The SMILES string of the molecule is CCNC(=NCC1(C2CC2)CC1)NC1CC2CCC1O2. The Bertz CT molecular complexity index is 401. The first-order valence-electron chi connectivity index (χ1n) is 8.49. The van der Waals surface area contributed by atoms with Crippen molar-refractivity contribution in [2.75, 3.05) is 13.1 Å². The Morgan fingerprint density at radius 3 is 2.65 bits per heavy atom. The van der Waals surface area contributed by atoms with Gasteiger partial charge in [-0.05, 0) is 63.2 Å². The number of hydrogen-bond acceptors (Lipinski definition) is 2. The molecule has 4 nitrogen and oxygen atoms in total. The summed E-state index contributed by atoms with van der Waals surface area (Å²) in [6.07, 6.45) is 10.2. The lowest BCUT2D eigenvalue weighted by molar-refractivity contribution is 0.0992. The maximum absolute atomic E-state index is 5.92. The molecule has 0 aromatic rings. The molecule has 4 heteroatoms. The Morgan fingerprint density at radius 1 is 1.25 bits per heavy atom. The molecule has 4 aliphatic rings. The molecule has 4 rings (SSSR count). The van der Waals surface area contributed by atoms with E-state index in [9.17, 15) is 0 Å². The van der Waals surface area contributed by atoms with Crippen LogP contribution in [0.4, 0.5) is 0 Å². The van der Waals surface area contributed by atoms with Crippen LogP contribution in [0.3, 0.4) is 0 Å². The van der Waals surface area contributed by atoms with Crippen molar-refractivity contribution in [3.8, 4) is 0 Å². The molecule has 3 unspecified atom stereocenters. The fraction of sp³-hybridized carbons (Fsp3) is 0.938. The topological polar surface area (TPSA) is 45.7 Å². The minimum Gasteiger partial charge on any atom is -0.373 e. The van der Waals surface area contributed by atoms with Gasteiger partial charge in [0.05, 0.1) is 18.2 Å². The molecule has 112 valence electrons. The van der Waals surface area contributed by atoms with Gasteiger partial charge in [0.1, 0.15) is 0 Å². The van der Waals surface area contributed by atoms with E-state index < -0.39 is 0 Å². The Hall–Kier alpha value is -0.770. The van der Waals surface area contributed by atoms with Gasteiger partial charge >= 0.3 is 0 Å². The third-order valence-corrected chi connectivity index (χ3v) is 5.66. The zero-order valence-corrected chi connectivity index (χ0v) is 12.5. The van der Waals surface area contributed by atoms with E-state index in [2.05, 4.69) is 17.6 Å². The van der Waals surface area contributed by atoms with Crippen molar-refractivity contribution >= 4 is 5.96 Å². The van der Waals surface area contributed by atoms with Crippen molar-refractivity contribution in [2.24, 2.45) is 16.3 Å². The van der Waals surface area contributed by atoms with E-state index in [0.717, 1.165) is 31.4 Å². The molecule has 4 fully saturated rings. The molecule has 2 bridgehead atoms. The first kappa shape index (κ1) is 12.9. The van der Waals surface area contributed by atoms with Crippen LogP contribution in [0.1, 0.15) is 51.9 Å². The third-order valence-electron chi connectivity index (χ3n) is 5.66. The monoisotopic (exact) mass is 277 g/mol. The Balaban J connectivity index is 1.36. The summed E-state index contributed by atoms with van der Waals surface area (Å²) in [6.45, 7) is 4.10. The van der Waals surface area contributed by atoms with E-state index in [0.29, 0.717) is 23.7 Å². The summed E-state index contributed by atoms with van der Waals surface area (Å²) in [6, 6.07) is 0.475. The molecule has 2 aliphatic heterocycles. The second-order valence-corrected chi connectivity index (χ2v) is 7.19. The van der Waals surface area contributed by atoms with Crippen molar-refractivity contribution in [1.82, 2.24) is 10.6 Å². The van der Waals surface area contributed by atoms with E-state index in [1.807, 2.05) is 0 Å². The molecule has 2 saturated carbocycles. The van der Waals surface area contributed by atoms with Gasteiger partial charge in [-0.2, -0.15) is 0 Å². The van der Waals surface area contributed by atoms with Crippen LogP contribution in [0, 0.1) is 11.3 Å². The second kappa shape index (κ2) is 4.90. The fourth-order valence-electron chi connectivity index (χ4n) is 4.07. The Morgan fingerprint density at radius 2 is 2.10 bits per heavy atom. The number of fused-ring (bicyclic) bond motifs is 2. The van der Waals surface area contributed by atoms with Crippen molar-refractivity contribution in [1.29, 1.82) is 0 Å². The lowest BCUT2D eigenvalue weighted by Gasteiger charge is -2.23. The summed E-state index contributed by atoms with van der Waals surface area (Å²) in [5, 5.41) is 7.03. The molecule has 0 amide bonds. The summed E-state index contributed by atoms with van der Waals surface area (Å²) in [7, 11) is 0. The van der Waals surface area contributed by atoms with E-state index in [-0.39, 0.29) is 0 Å². The van der Waals surface area contributed by atoms with Crippen LogP contribution in [0.25, 0.3) is 0 Å². The van der Waals surface area contributed by atoms with E-state index >= 15 is 0 Å². The zero-order valence-electron chi connectivity index (χ0n) is 12.5. The quantitative estimate of drug-likeness (QED) is 0.597. The van der Waals surface area contributed by atoms with Crippen molar-refractivity contribution in [3.63, 3.8) is 0 Å². The van der Waals surface area contributed by atoms with Crippen LogP contribution < -0.4 is 10.6 Å². The molecule has 0 radical (unpaired) electrons. The molecule has 2 heterocycles.